The van der Waals surface area contributed by atoms with Crippen LogP contribution in [0.25, 0.3) is 0 Å². The molecular formula is C9H13NO. The molecule has 11 heavy (non-hydrogen) atoms. The second-order valence-corrected chi connectivity index (χ2v) is 2.64. The van der Waals surface area contributed by atoms with Crippen molar-refractivity contribution in [2.45, 2.75) is 20.8 Å². The number of aliphatic imine (C=N–C) groups is 1. The topological polar surface area (TPSA) is 29.4 Å². The number of hydrogen-bond acceptors (Lipinski definition) is 2. The van der Waals surface area contributed by atoms with Crippen LogP contribution in [0.4, 0.5) is 0 Å². The van der Waals surface area contributed by atoms with Crippen LogP contribution >= 0.6 is 0 Å². The zero-order valence-corrected chi connectivity index (χ0v) is 7.16. The van der Waals surface area contributed by atoms with Crippen molar-refractivity contribution in [3.05, 3.63) is 23.9 Å². The highest BCUT2D eigenvalue weighted by Crippen LogP contribution is 1.97. The molecule has 0 radical (unpaired) electrons. The zero-order valence-electron chi connectivity index (χ0n) is 7.16. The average molecular weight is 151 g/mol. The molecule has 0 aliphatic rings. The van der Waals surface area contributed by atoms with E-state index in [0.717, 1.165) is 0 Å². The van der Waals surface area contributed by atoms with E-state index in [2.05, 4.69) is 18.8 Å². The van der Waals surface area contributed by atoms with E-state index < -0.39 is 0 Å². The molecule has 0 bridgehead atoms. The average Bonchev–Trinajstić information content (AvgIpc) is 1.87. The Balaban J connectivity index is 4.01. The number of rotatable bonds is 3. The van der Waals surface area contributed by atoms with Crippen LogP contribution < -0.4 is 0 Å². The van der Waals surface area contributed by atoms with Gasteiger partial charge < -0.3 is 0 Å². The molecule has 60 valence electrons. The number of nitrogens with zero attached hydrogens (tertiary/aromatic N) is 1. The molecule has 0 unspecified atom stereocenters. The van der Waals surface area contributed by atoms with Crippen molar-refractivity contribution in [2.75, 3.05) is 0 Å². The summed E-state index contributed by atoms with van der Waals surface area (Å²) >= 11 is 0. The SMILES string of the molecule is C/C(=C\C=C/C(C)C)N=C=O. The molecule has 0 aromatic heterocycles. The Morgan fingerprint density at radius 1 is 1.55 bits per heavy atom. The van der Waals surface area contributed by atoms with Gasteiger partial charge in [0, 0.05) is 0 Å². The lowest BCUT2D eigenvalue weighted by molar-refractivity contribution is 0.564. The predicted molar refractivity (Wildman–Crippen MR) is 45.9 cm³/mol. The Kier molecular flexibility index (Phi) is 5.05. The minimum atomic E-state index is 0.527. The third-order valence-electron chi connectivity index (χ3n) is 1.06. The van der Waals surface area contributed by atoms with E-state index in [1.165, 1.54) is 6.08 Å². The van der Waals surface area contributed by atoms with Gasteiger partial charge in [-0.3, -0.25) is 0 Å². The Bertz CT molecular complexity index is 208. The van der Waals surface area contributed by atoms with E-state index in [0.29, 0.717) is 11.6 Å². The summed E-state index contributed by atoms with van der Waals surface area (Å²) in [5.74, 6) is 0.527. The smallest absolute Gasteiger partial charge is 0.211 e. The molecule has 2 heteroatoms. The normalized spacial score (nSPS) is 12.2. The highest BCUT2D eigenvalue weighted by molar-refractivity contribution is 5.37. The van der Waals surface area contributed by atoms with Crippen molar-refractivity contribution < 1.29 is 4.79 Å². The van der Waals surface area contributed by atoms with Crippen LogP contribution in [0.1, 0.15) is 20.8 Å². The summed E-state index contributed by atoms with van der Waals surface area (Å²) in [5.41, 5.74) is 0.678. The van der Waals surface area contributed by atoms with Crippen LogP contribution in [0.2, 0.25) is 0 Å². The van der Waals surface area contributed by atoms with Gasteiger partial charge in [0.05, 0.1) is 5.70 Å². The molecule has 0 spiro atoms. The molecule has 0 fully saturated rings. The molecule has 0 saturated carbocycles. The first-order valence-electron chi connectivity index (χ1n) is 3.59. The standard InChI is InChI=1S/C9H13NO/c1-8(2)5-4-6-9(3)10-7-11/h4-6,8H,1-3H3/b5-4-,9-6+. The minimum absolute atomic E-state index is 0.527. The lowest BCUT2D eigenvalue weighted by Crippen LogP contribution is -1.75. The molecule has 0 aliphatic carbocycles. The molecule has 0 N–H and O–H groups in total. The van der Waals surface area contributed by atoms with E-state index in [-0.39, 0.29) is 0 Å². The van der Waals surface area contributed by atoms with E-state index in [4.69, 9.17) is 0 Å². The van der Waals surface area contributed by atoms with E-state index in [1.54, 1.807) is 13.0 Å². The predicted octanol–water partition coefficient (Wildman–Crippen LogP) is 2.44. The first kappa shape index (κ1) is 9.86. The molecule has 0 aromatic carbocycles. The second kappa shape index (κ2) is 5.63. The first-order valence-corrected chi connectivity index (χ1v) is 3.59. The van der Waals surface area contributed by atoms with Crippen LogP contribution in [0, 0.1) is 5.92 Å². The highest BCUT2D eigenvalue weighted by atomic mass is 16.1. The van der Waals surface area contributed by atoms with Gasteiger partial charge >= 0.3 is 0 Å². The fraction of sp³-hybridized carbons (Fsp3) is 0.444. The monoisotopic (exact) mass is 151 g/mol. The van der Waals surface area contributed by atoms with Gasteiger partial charge in [0.25, 0.3) is 0 Å². The van der Waals surface area contributed by atoms with E-state index in [9.17, 15) is 4.79 Å². The molecule has 0 saturated heterocycles. The summed E-state index contributed by atoms with van der Waals surface area (Å²) in [4.78, 5) is 13.2. The van der Waals surface area contributed by atoms with Crippen LogP contribution in [0.3, 0.4) is 0 Å². The van der Waals surface area contributed by atoms with Gasteiger partial charge in [-0.05, 0) is 18.9 Å². The third kappa shape index (κ3) is 6.75. The summed E-state index contributed by atoms with van der Waals surface area (Å²) in [5, 5.41) is 0. The fourth-order valence-corrected chi connectivity index (χ4v) is 0.526. The summed E-state index contributed by atoms with van der Waals surface area (Å²) in [7, 11) is 0. The Hall–Kier alpha value is -1.14. The summed E-state index contributed by atoms with van der Waals surface area (Å²) in [6.45, 7) is 5.93. The lowest BCUT2D eigenvalue weighted by atomic mass is 10.2. The van der Waals surface area contributed by atoms with Crippen LogP contribution in [0.15, 0.2) is 28.9 Å². The number of hydrogen-bond donors (Lipinski definition) is 0. The molecule has 0 amide bonds. The zero-order chi connectivity index (χ0) is 8.69. The quantitative estimate of drug-likeness (QED) is 0.346. The van der Waals surface area contributed by atoms with Crippen molar-refractivity contribution in [3.8, 4) is 0 Å². The molecular weight excluding hydrogens is 138 g/mol. The number of carbonyl (C=O) groups excluding carboxylic acids is 1. The fourth-order valence-electron chi connectivity index (χ4n) is 0.526. The van der Waals surface area contributed by atoms with Crippen LogP contribution in [0.5, 0.6) is 0 Å². The minimum Gasteiger partial charge on any atom is -0.211 e. The van der Waals surface area contributed by atoms with Gasteiger partial charge in [0.15, 0.2) is 0 Å². The largest absolute Gasteiger partial charge is 0.240 e. The highest BCUT2D eigenvalue weighted by Gasteiger charge is 1.81. The number of allylic oxidation sites excluding steroid dienone is 4. The maximum absolute atomic E-state index is 9.76. The maximum Gasteiger partial charge on any atom is 0.240 e. The van der Waals surface area contributed by atoms with Gasteiger partial charge in [-0.25, -0.2) is 4.79 Å². The summed E-state index contributed by atoms with van der Waals surface area (Å²) < 4.78 is 0. The second-order valence-electron chi connectivity index (χ2n) is 2.64. The first-order chi connectivity index (χ1) is 5.16. The van der Waals surface area contributed by atoms with Gasteiger partial charge in [0.2, 0.25) is 6.08 Å². The van der Waals surface area contributed by atoms with Gasteiger partial charge in [0.1, 0.15) is 0 Å². The molecule has 0 aliphatic heterocycles. The Labute approximate surface area is 67.3 Å². The van der Waals surface area contributed by atoms with Crippen molar-refractivity contribution in [2.24, 2.45) is 10.9 Å². The van der Waals surface area contributed by atoms with E-state index >= 15 is 0 Å². The molecule has 0 heterocycles. The van der Waals surface area contributed by atoms with Crippen molar-refractivity contribution in [1.29, 1.82) is 0 Å². The van der Waals surface area contributed by atoms with Crippen LogP contribution in [-0.2, 0) is 4.79 Å². The summed E-state index contributed by atoms with van der Waals surface area (Å²) in [6, 6.07) is 0. The molecule has 0 aromatic rings. The van der Waals surface area contributed by atoms with Gasteiger partial charge in [-0.15, -0.1) is 0 Å². The Morgan fingerprint density at radius 2 is 2.18 bits per heavy atom. The van der Waals surface area contributed by atoms with Crippen molar-refractivity contribution in [3.63, 3.8) is 0 Å². The van der Waals surface area contributed by atoms with E-state index in [1.807, 2.05) is 12.2 Å². The van der Waals surface area contributed by atoms with Crippen molar-refractivity contribution in [1.82, 2.24) is 0 Å². The number of isocyanates is 1. The van der Waals surface area contributed by atoms with Gasteiger partial charge in [-0.2, -0.15) is 4.99 Å². The van der Waals surface area contributed by atoms with Crippen molar-refractivity contribution >= 4 is 6.08 Å². The Morgan fingerprint density at radius 3 is 2.64 bits per heavy atom. The molecule has 2 nitrogen and oxygen atoms in total. The van der Waals surface area contributed by atoms with Crippen LogP contribution in [-0.4, -0.2) is 6.08 Å². The lowest BCUT2D eigenvalue weighted by Gasteiger charge is -1.89. The third-order valence-corrected chi connectivity index (χ3v) is 1.06. The molecule has 0 atom stereocenters. The maximum atomic E-state index is 9.76. The summed E-state index contributed by atoms with van der Waals surface area (Å²) in [6.07, 6.45) is 7.18. The van der Waals surface area contributed by atoms with Gasteiger partial charge in [-0.1, -0.05) is 26.0 Å². The molecule has 0 rings (SSSR count).